The molecule has 0 saturated heterocycles. The summed E-state index contributed by atoms with van der Waals surface area (Å²) in [4.78, 5) is 5.98. The average Bonchev–Trinajstić information content (AvgIpc) is 2.85. The van der Waals surface area contributed by atoms with Gasteiger partial charge in [0.25, 0.3) is 0 Å². The van der Waals surface area contributed by atoms with Crippen LogP contribution in [0, 0.1) is 6.92 Å². The maximum atomic E-state index is 5.03. The number of hydrogen-bond donors (Lipinski definition) is 1. The van der Waals surface area contributed by atoms with E-state index < -0.39 is 0 Å². The van der Waals surface area contributed by atoms with E-state index in [0.717, 1.165) is 36.8 Å². The lowest BCUT2D eigenvalue weighted by Crippen LogP contribution is -2.18. The molecular weight excluding hydrogens is 268 g/mol. The number of nitrogens with one attached hydrogen (secondary N) is 1. The van der Waals surface area contributed by atoms with Crippen molar-refractivity contribution in [3.05, 3.63) is 40.4 Å². The first-order valence-electron chi connectivity index (χ1n) is 7.00. The second kappa shape index (κ2) is 7.53. The van der Waals surface area contributed by atoms with Crippen LogP contribution in [-0.4, -0.2) is 25.2 Å². The standard InChI is InChI=1S/C16H22N2OS/c1-4-13-5-7-14(8-6-13)16-18-12(2)15(20-16)11-17-9-10-19-3/h5-8,17H,4,9-11H2,1-3H3. The highest BCUT2D eigenvalue weighted by atomic mass is 32.1. The number of benzene rings is 1. The summed E-state index contributed by atoms with van der Waals surface area (Å²) < 4.78 is 5.03. The Morgan fingerprint density at radius 2 is 2.00 bits per heavy atom. The predicted octanol–water partition coefficient (Wildman–Crippen LogP) is 3.42. The van der Waals surface area contributed by atoms with Gasteiger partial charge in [0, 0.05) is 30.6 Å². The van der Waals surface area contributed by atoms with Gasteiger partial charge in [-0.3, -0.25) is 0 Å². The average molecular weight is 290 g/mol. The van der Waals surface area contributed by atoms with Gasteiger partial charge in [0.05, 0.1) is 12.3 Å². The summed E-state index contributed by atoms with van der Waals surface area (Å²) in [7, 11) is 1.72. The molecule has 0 aliphatic carbocycles. The topological polar surface area (TPSA) is 34.2 Å². The summed E-state index contributed by atoms with van der Waals surface area (Å²) in [6.45, 7) is 6.72. The van der Waals surface area contributed by atoms with E-state index in [1.165, 1.54) is 16.0 Å². The van der Waals surface area contributed by atoms with Crippen molar-refractivity contribution < 1.29 is 4.74 Å². The summed E-state index contributed by atoms with van der Waals surface area (Å²) in [5.41, 5.74) is 3.69. The van der Waals surface area contributed by atoms with Gasteiger partial charge in [-0.25, -0.2) is 4.98 Å². The Morgan fingerprint density at radius 3 is 2.65 bits per heavy atom. The van der Waals surface area contributed by atoms with Crippen molar-refractivity contribution in [3.8, 4) is 10.6 Å². The zero-order valence-electron chi connectivity index (χ0n) is 12.4. The van der Waals surface area contributed by atoms with Crippen molar-refractivity contribution in [1.29, 1.82) is 0 Å². The van der Waals surface area contributed by atoms with Crippen molar-refractivity contribution in [2.24, 2.45) is 0 Å². The molecule has 4 heteroatoms. The molecule has 0 bridgehead atoms. The number of hydrogen-bond acceptors (Lipinski definition) is 4. The molecule has 1 heterocycles. The van der Waals surface area contributed by atoms with E-state index in [2.05, 4.69) is 48.4 Å². The summed E-state index contributed by atoms with van der Waals surface area (Å²) in [6.07, 6.45) is 1.08. The first-order chi connectivity index (χ1) is 9.74. The van der Waals surface area contributed by atoms with Gasteiger partial charge in [0.2, 0.25) is 0 Å². The van der Waals surface area contributed by atoms with Crippen molar-refractivity contribution in [1.82, 2.24) is 10.3 Å². The molecule has 108 valence electrons. The number of nitrogens with zero attached hydrogens (tertiary/aromatic N) is 1. The molecule has 0 unspecified atom stereocenters. The number of rotatable bonds is 7. The van der Waals surface area contributed by atoms with Crippen LogP contribution < -0.4 is 5.32 Å². The van der Waals surface area contributed by atoms with Crippen LogP contribution >= 0.6 is 11.3 Å². The monoisotopic (exact) mass is 290 g/mol. The van der Waals surface area contributed by atoms with E-state index in [4.69, 9.17) is 4.74 Å². The molecule has 3 nitrogen and oxygen atoms in total. The zero-order valence-corrected chi connectivity index (χ0v) is 13.2. The van der Waals surface area contributed by atoms with Gasteiger partial charge in [-0.15, -0.1) is 11.3 Å². The van der Waals surface area contributed by atoms with Gasteiger partial charge in [0.15, 0.2) is 0 Å². The molecular formula is C16H22N2OS. The van der Waals surface area contributed by atoms with Crippen molar-refractivity contribution in [2.45, 2.75) is 26.8 Å². The molecule has 0 amide bonds. The van der Waals surface area contributed by atoms with Crippen LogP contribution in [0.3, 0.4) is 0 Å². The molecule has 0 atom stereocenters. The van der Waals surface area contributed by atoms with Gasteiger partial charge < -0.3 is 10.1 Å². The van der Waals surface area contributed by atoms with Crippen LogP contribution in [0.2, 0.25) is 0 Å². The molecule has 0 aliphatic rings. The third-order valence-corrected chi connectivity index (χ3v) is 4.48. The van der Waals surface area contributed by atoms with Crippen LogP contribution in [0.4, 0.5) is 0 Å². The molecule has 0 spiro atoms. The lowest BCUT2D eigenvalue weighted by Gasteiger charge is -2.01. The first kappa shape index (κ1) is 15.2. The molecule has 20 heavy (non-hydrogen) atoms. The smallest absolute Gasteiger partial charge is 0.123 e. The minimum Gasteiger partial charge on any atom is -0.383 e. The third-order valence-electron chi connectivity index (χ3n) is 3.27. The third kappa shape index (κ3) is 3.88. The zero-order chi connectivity index (χ0) is 14.4. The maximum Gasteiger partial charge on any atom is 0.123 e. The van der Waals surface area contributed by atoms with E-state index in [0.29, 0.717) is 0 Å². The quantitative estimate of drug-likeness (QED) is 0.793. The van der Waals surface area contributed by atoms with Gasteiger partial charge in [0.1, 0.15) is 5.01 Å². The molecule has 0 fully saturated rings. The fourth-order valence-corrected chi connectivity index (χ4v) is 3.01. The number of methoxy groups -OCH3 is 1. The van der Waals surface area contributed by atoms with Gasteiger partial charge in [-0.1, -0.05) is 31.2 Å². The Morgan fingerprint density at radius 1 is 1.25 bits per heavy atom. The first-order valence-corrected chi connectivity index (χ1v) is 7.81. The molecule has 2 aromatic rings. The highest BCUT2D eigenvalue weighted by Gasteiger charge is 2.09. The van der Waals surface area contributed by atoms with E-state index in [1.807, 2.05) is 0 Å². The highest BCUT2D eigenvalue weighted by Crippen LogP contribution is 2.28. The molecule has 1 aromatic heterocycles. The Labute approximate surface area is 125 Å². The van der Waals surface area contributed by atoms with Crippen molar-refractivity contribution in [3.63, 3.8) is 0 Å². The second-order valence-corrected chi connectivity index (χ2v) is 5.83. The Balaban J connectivity index is 2.05. The summed E-state index contributed by atoms with van der Waals surface area (Å²) in [6, 6.07) is 8.70. The van der Waals surface area contributed by atoms with Crippen LogP contribution in [0.1, 0.15) is 23.1 Å². The number of ether oxygens (including phenoxy) is 1. The minimum absolute atomic E-state index is 0.739. The molecule has 1 aromatic carbocycles. The van der Waals surface area contributed by atoms with Crippen LogP contribution in [0.25, 0.3) is 10.6 Å². The Bertz CT molecular complexity index is 534. The van der Waals surface area contributed by atoms with Gasteiger partial charge >= 0.3 is 0 Å². The molecule has 0 aliphatic heterocycles. The van der Waals surface area contributed by atoms with Gasteiger partial charge in [-0.2, -0.15) is 0 Å². The second-order valence-electron chi connectivity index (χ2n) is 4.75. The summed E-state index contributed by atoms with van der Waals surface area (Å²) in [5, 5.41) is 4.48. The van der Waals surface area contributed by atoms with E-state index >= 15 is 0 Å². The van der Waals surface area contributed by atoms with Crippen LogP contribution in [-0.2, 0) is 17.7 Å². The SMILES string of the molecule is CCc1ccc(-c2nc(C)c(CNCCOC)s2)cc1. The molecule has 1 N–H and O–H groups in total. The Hall–Kier alpha value is -1.23. The van der Waals surface area contributed by atoms with Crippen LogP contribution in [0.15, 0.2) is 24.3 Å². The largest absolute Gasteiger partial charge is 0.383 e. The molecule has 2 rings (SSSR count). The molecule has 0 saturated carbocycles. The number of aryl methyl sites for hydroxylation is 2. The maximum absolute atomic E-state index is 5.03. The number of thiazole rings is 1. The molecule has 0 radical (unpaired) electrons. The summed E-state index contributed by atoms with van der Waals surface area (Å²) in [5.74, 6) is 0. The van der Waals surface area contributed by atoms with Crippen LogP contribution in [0.5, 0.6) is 0 Å². The fraction of sp³-hybridized carbons (Fsp3) is 0.438. The fourth-order valence-electron chi connectivity index (χ4n) is 1.97. The lowest BCUT2D eigenvalue weighted by molar-refractivity contribution is 0.199. The minimum atomic E-state index is 0.739. The highest BCUT2D eigenvalue weighted by molar-refractivity contribution is 7.15. The summed E-state index contributed by atoms with van der Waals surface area (Å²) >= 11 is 1.77. The van der Waals surface area contributed by atoms with E-state index in [1.54, 1.807) is 18.4 Å². The predicted molar refractivity (Wildman–Crippen MR) is 85.2 cm³/mol. The normalized spacial score (nSPS) is 10.9. The number of aromatic nitrogens is 1. The lowest BCUT2D eigenvalue weighted by atomic mass is 10.1. The Kier molecular flexibility index (Phi) is 5.71. The van der Waals surface area contributed by atoms with E-state index in [9.17, 15) is 0 Å². The van der Waals surface area contributed by atoms with Crippen molar-refractivity contribution in [2.75, 3.05) is 20.3 Å². The van der Waals surface area contributed by atoms with Crippen molar-refractivity contribution >= 4 is 11.3 Å². The van der Waals surface area contributed by atoms with E-state index in [-0.39, 0.29) is 0 Å². The van der Waals surface area contributed by atoms with Gasteiger partial charge in [-0.05, 0) is 18.9 Å².